The zero-order valence-corrected chi connectivity index (χ0v) is 8.83. The van der Waals surface area contributed by atoms with Gasteiger partial charge in [0.2, 0.25) is 0 Å². The summed E-state index contributed by atoms with van der Waals surface area (Å²) in [6.45, 7) is 0. The fraction of sp³-hybridized carbons (Fsp3) is 0.0833. The topological polar surface area (TPSA) is 43.6 Å². The number of aryl methyl sites for hydroxylation is 1. The molecule has 3 rings (SSSR count). The van der Waals surface area contributed by atoms with Crippen molar-refractivity contribution in [3.8, 4) is 11.4 Å². The van der Waals surface area contributed by atoms with Crippen molar-refractivity contribution in [2.24, 2.45) is 7.05 Å². The molecule has 0 fully saturated rings. The first-order chi connectivity index (χ1) is 7.86. The molecule has 3 heterocycles. The zero-order chi connectivity index (χ0) is 11.0. The molecule has 0 radical (unpaired) electrons. The van der Waals surface area contributed by atoms with E-state index in [0.29, 0.717) is 0 Å². The Morgan fingerprint density at radius 2 is 2.00 bits per heavy atom. The molecule has 0 amide bonds. The molecule has 3 aromatic rings. The summed E-state index contributed by atoms with van der Waals surface area (Å²) in [6, 6.07) is 7.75. The molecule has 78 valence electrons. The molecule has 3 aromatic heterocycles. The average molecular weight is 210 g/mol. The number of fused-ring (bicyclic) bond motifs is 1. The van der Waals surface area contributed by atoms with Gasteiger partial charge in [-0.1, -0.05) is 0 Å². The van der Waals surface area contributed by atoms with Crippen LogP contribution in [-0.2, 0) is 7.05 Å². The molecule has 0 saturated heterocycles. The highest BCUT2D eigenvalue weighted by molar-refractivity contribution is 5.76. The third-order valence-electron chi connectivity index (χ3n) is 2.55. The number of imidazole rings is 1. The average Bonchev–Trinajstić information content (AvgIpc) is 2.69. The summed E-state index contributed by atoms with van der Waals surface area (Å²) in [4.78, 5) is 12.9. The Morgan fingerprint density at radius 1 is 1.12 bits per heavy atom. The molecular weight excluding hydrogens is 200 g/mol. The summed E-state index contributed by atoms with van der Waals surface area (Å²) in [5, 5.41) is 0. The van der Waals surface area contributed by atoms with E-state index in [2.05, 4.69) is 15.0 Å². The van der Waals surface area contributed by atoms with Crippen molar-refractivity contribution in [1.29, 1.82) is 0 Å². The van der Waals surface area contributed by atoms with Crippen molar-refractivity contribution in [3.05, 3.63) is 42.9 Å². The Hall–Kier alpha value is -2.23. The molecule has 0 spiro atoms. The van der Waals surface area contributed by atoms with Gasteiger partial charge in [0.25, 0.3) is 0 Å². The molecule has 0 aromatic carbocycles. The van der Waals surface area contributed by atoms with Gasteiger partial charge in [0.15, 0.2) is 5.65 Å². The second-order valence-electron chi connectivity index (χ2n) is 3.58. The van der Waals surface area contributed by atoms with Crippen LogP contribution in [0.3, 0.4) is 0 Å². The Bertz CT molecular complexity index is 628. The minimum Gasteiger partial charge on any atom is -0.312 e. The Labute approximate surface area is 92.6 Å². The second-order valence-corrected chi connectivity index (χ2v) is 3.58. The number of aromatic nitrogens is 4. The number of pyridine rings is 2. The van der Waals surface area contributed by atoms with E-state index in [9.17, 15) is 0 Å². The van der Waals surface area contributed by atoms with Gasteiger partial charge in [-0.3, -0.25) is 4.98 Å². The lowest BCUT2D eigenvalue weighted by Gasteiger charge is -2.00. The molecule has 0 aliphatic rings. The van der Waals surface area contributed by atoms with Crippen LogP contribution in [0.15, 0.2) is 42.9 Å². The number of hydrogen-bond acceptors (Lipinski definition) is 3. The Balaban J connectivity index is 2.29. The Kier molecular flexibility index (Phi) is 1.93. The minimum atomic E-state index is 0.890. The molecule has 0 aliphatic carbocycles. The van der Waals surface area contributed by atoms with Crippen LogP contribution in [-0.4, -0.2) is 19.5 Å². The maximum absolute atomic E-state index is 4.54. The number of hydrogen-bond donors (Lipinski definition) is 0. The summed E-state index contributed by atoms with van der Waals surface area (Å²) in [5.74, 6) is 0.891. The van der Waals surface area contributed by atoms with E-state index in [1.54, 1.807) is 18.6 Å². The third-order valence-corrected chi connectivity index (χ3v) is 2.55. The quantitative estimate of drug-likeness (QED) is 0.617. The smallest absolute Gasteiger partial charge is 0.159 e. The van der Waals surface area contributed by atoms with E-state index in [4.69, 9.17) is 0 Å². The molecule has 16 heavy (non-hydrogen) atoms. The van der Waals surface area contributed by atoms with Gasteiger partial charge in [0.1, 0.15) is 11.3 Å². The summed E-state index contributed by atoms with van der Waals surface area (Å²) in [6.07, 6.45) is 5.34. The lowest BCUT2D eigenvalue weighted by molar-refractivity contribution is 0.940. The maximum Gasteiger partial charge on any atom is 0.159 e. The predicted molar refractivity (Wildman–Crippen MR) is 61.7 cm³/mol. The first-order valence-corrected chi connectivity index (χ1v) is 5.04. The van der Waals surface area contributed by atoms with E-state index in [1.807, 2.05) is 35.9 Å². The van der Waals surface area contributed by atoms with Gasteiger partial charge in [-0.15, -0.1) is 0 Å². The van der Waals surface area contributed by atoms with Crippen molar-refractivity contribution >= 4 is 11.2 Å². The minimum absolute atomic E-state index is 0.890. The maximum atomic E-state index is 4.54. The van der Waals surface area contributed by atoms with Crippen LogP contribution in [0.4, 0.5) is 0 Å². The van der Waals surface area contributed by atoms with E-state index < -0.39 is 0 Å². The van der Waals surface area contributed by atoms with Gasteiger partial charge in [-0.25, -0.2) is 9.97 Å². The fourth-order valence-corrected chi connectivity index (χ4v) is 1.78. The standard InChI is InChI=1S/C12H10N4/c1-16-11(9-4-2-6-13-8-9)15-10-5-3-7-14-12(10)16/h2-8H,1H3. The van der Waals surface area contributed by atoms with Crippen molar-refractivity contribution in [1.82, 2.24) is 19.5 Å². The number of nitrogens with zero attached hydrogens (tertiary/aromatic N) is 4. The van der Waals surface area contributed by atoms with Crippen LogP contribution in [0.5, 0.6) is 0 Å². The molecule has 0 aliphatic heterocycles. The van der Waals surface area contributed by atoms with E-state index in [1.165, 1.54) is 0 Å². The Morgan fingerprint density at radius 3 is 2.75 bits per heavy atom. The monoisotopic (exact) mass is 210 g/mol. The first-order valence-electron chi connectivity index (χ1n) is 5.04. The van der Waals surface area contributed by atoms with Crippen LogP contribution in [0, 0.1) is 0 Å². The lowest BCUT2D eigenvalue weighted by atomic mass is 10.3. The van der Waals surface area contributed by atoms with Crippen LogP contribution in [0.25, 0.3) is 22.6 Å². The van der Waals surface area contributed by atoms with Gasteiger partial charge in [0.05, 0.1) is 0 Å². The van der Waals surface area contributed by atoms with Crippen LogP contribution < -0.4 is 0 Å². The highest BCUT2D eigenvalue weighted by Crippen LogP contribution is 2.20. The van der Waals surface area contributed by atoms with Crippen LogP contribution in [0.1, 0.15) is 0 Å². The lowest BCUT2D eigenvalue weighted by Crippen LogP contribution is -1.93. The molecule has 0 atom stereocenters. The van der Waals surface area contributed by atoms with Gasteiger partial charge in [0, 0.05) is 31.2 Å². The summed E-state index contributed by atoms with van der Waals surface area (Å²) in [5.41, 5.74) is 2.80. The van der Waals surface area contributed by atoms with Crippen molar-refractivity contribution in [3.63, 3.8) is 0 Å². The SMILES string of the molecule is Cn1c(-c2cccnc2)nc2cccnc21. The third kappa shape index (κ3) is 1.27. The summed E-state index contributed by atoms with van der Waals surface area (Å²) in [7, 11) is 1.96. The molecule has 4 heteroatoms. The molecule has 0 N–H and O–H groups in total. The molecule has 0 bridgehead atoms. The summed E-state index contributed by atoms with van der Waals surface area (Å²) < 4.78 is 1.98. The number of rotatable bonds is 1. The largest absolute Gasteiger partial charge is 0.312 e. The van der Waals surface area contributed by atoms with Crippen LogP contribution >= 0.6 is 0 Å². The highest BCUT2D eigenvalue weighted by atomic mass is 15.1. The van der Waals surface area contributed by atoms with Gasteiger partial charge in [-0.05, 0) is 24.3 Å². The van der Waals surface area contributed by atoms with Crippen LogP contribution in [0.2, 0.25) is 0 Å². The van der Waals surface area contributed by atoms with Crippen molar-refractivity contribution < 1.29 is 0 Å². The highest BCUT2D eigenvalue weighted by Gasteiger charge is 2.09. The predicted octanol–water partition coefficient (Wildman–Crippen LogP) is 2.03. The van der Waals surface area contributed by atoms with E-state index in [-0.39, 0.29) is 0 Å². The van der Waals surface area contributed by atoms with Crippen molar-refractivity contribution in [2.45, 2.75) is 0 Å². The van der Waals surface area contributed by atoms with Gasteiger partial charge < -0.3 is 4.57 Å². The molecule has 4 nitrogen and oxygen atoms in total. The van der Waals surface area contributed by atoms with Crippen molar-refractivity contribution in [2.75, 3.05) is 0 Å². The van der Waals surface area contributed by atoms with Gasteiger partial charge >= 0.3 is 0 Å². The summed E-state index contributed by atoms with van der Waals surface area (Å²) >= 11 is 0. The van der Waals surface area contributed by atoms with Gasteiger partial charge in [-0.2, -0.15) is 0 Å². The molecule has 0 saturated carbocycles. The zero-order valence-electron chi connectivity index (χ0n) is 8.83. The fourth-order valence-electron chi connectivity index (χ4n) is 1.78. The first kappa shape index (κ1) is 9.03. The van der Waals surface area contributed by atoms with E-state index in [0.717, 1.165) is 22.6 Å². The normalized spacial score (nSPS) is 10.8. The molecular formula is C12H10N4. The van der Waals surface area contributed by atoms with E-state index >= 15 is 0 Å². The second kappa shape index (κ2) is 3.41. The molecule has 0 unspecified atom stereocenters.